The fourth-order valence-corrected chi connectivity index (χ4v) is 6.76. The number of benzene rings is 4. The van der Waals surface area contributed by atoms with E-state index in [0.717, 1.165) is 27.5 Å². The van der Waals surface area contributed by atoms with Crippen LogP contribution in [0.3, 0.4) is 0 Å². The molecule has 0 heterocycles. The second-order valence-corrected chi connectivity index (χ2v) is 11.9. The van der Waals surface area contributed by atoms with Crippen molar-refractivity contribution in [2.24, 2.45) is 0 Å². The molecule has 33 heavy (non-hydrogen) atoms. The molecule has 164 valence electrons. The van der Waals surface area contributed by atoms with E-state index in [1.54, 1.807) is 0 Å². The number of rotatable bonds is 6. The normalized spacial score (nSPS) is 10.5. The monoisotopic (exact) mass is 678 g/mol. The third-order valence-corrected chi connectivity index (χ3v) is 8.93. The molecule has 4 nitrogen and oxygen atoms in total. The van der Waals surface area contributed by atoms with Gasteiger partial charge in [0, 0.05) is 0 Å². The van der Waals surface area contributed by atoms with Crippen molar-refractivity contribution in [3.63, 3.8) is 0 Å². The van der Waals surface area contributed by atoms with Crippen LogP contribution >= 0.6 is 31.9 Å². The fraction of sp³-hybridized carbons (Fsp3) is 0. The van der Waals surface area contributed by atoms with Gasteiger partial charge in [0.05, 0.1) is 0 Å². The summed E-state index contributed by atoms with van der Waals surface area (Å²) in [6.45, 7) is 0. The van der Waals surface area contributed by atoms with Crippen molar-refractivity contribution in [3.05, 3.63) is 117 Å². The standard InChI is InChI=1S/C26H18Br2N2O2Te/c27-17-11-13-23(21(15-17)25(31)29-19-7-3-1-4-8-19)33-24-14-12-18(28)16-22(24)26(32)30-20-9-5-2-6-10-20/h1-16H,(H,29,31)(H,30,32). The molecule has 0 radical (unpaired) electrons. The van der Waals surface area contributed by atoms with Crippen molar-refractivity contribution >= 4 is 83.2 Å². The topological polar surface area (TPSA) is 58.2 Å². The zero-order valence-electron chi connectivity index (χ0n) is 17.2. The number of hydrogen-bond acceptors (Lipinski definition) is 2. The zero-order chi connectivity index (χ0) is 23.2. The van der Waals surface area contributed by atoms with Crippen LogP contribution in [0.4, 0.5) is 11.4 Å². The molecule has 0 saturated carbocycles. The molecule has 4 aromatic rings. The van der Waals surface area contributed by atoms with E-state index in [9.17, 15) is 9.59 Å². The molecule has 0 fully saturated rings. The van der Waals surface area contributed by atoms with Crippen LogP contribution in [0.2, 0.25) is 0 Å². The Morgan fingerprint density at radius 2 is 0.970 bits per heavy atom. The van der Waals surface area contributed by atoms with Crippen LogP contribution in [0, 0.1) is 0 Å². The number of halogens is 2. The van der Waals surface area contributed by atoms with Gasteiger partial charge in [-0.2, -0.15) is 0 Å². The van der Waals surface area contributed by atoms with Crippen molar-refractivity contribution in [1.29, 1.82) is 0 Å². The second-order valence-electron chi connectivity index (χ2n) is 7.02. The van der Waals surface area contributed by atoms with Crippen LogP contribution in [-0.2, 0) is 0 Å². The minimum absolute atomic E-state index is 0.171. The Morgan fingerprint density at radius 3 is 1.36 bits per heavy atom. The molecule has 2 amide bonds. The maximum atomic E-state index is 13.1. The van der Waals surface area contributed by atoms with E-state index in [4.69, 9.17) is 0 Å². The first-order valence-corrected chi connectivity index (χ1v) is 13.9. The molecule has 2 N–H and O–H groups in total. The molecule has 4 rings (SSSR count). The number of carbonyl (C=O) groups is 2. The predicted octanol–water partition coefficient (Wildman–Crippen LogP) is 5.37. The van der Waals surface area contributed by atoms with Gasteiger partial charge in [-0.3, -0.25) is 0 Å². The Balaban J connectivity index is 1.64. The van der Waals surface area contributed by atoms with E-state index >= 15 is 0 Å². The number of amides is 2. The third kappa shape index (κ3) is 6.33. The van der Waals surface area contributed by atoms with Gasteiger partial charge in [0.25, 0.3) is 0 Å². The van der Waals surface area contributed by atoms with Crippen LogP contribution in [-0.4, -0.2) is 32.7 Å². The van der Waals surface area contributed by atoms with Crippen LogP contribution in [0.25, 0.3) is 0 Å². The summed E-state index contributed by atoms with van der Waals surface area (Å²) in [5, 5.41) is 5.93. The van der Waals surface area contributed by atoms with Gasteiger partial charge in [0.2, 0.25) is 0 Å². The average Bonchev–Trinajstić information content (AvgIpc) is 2.82. The van der Waals surface area contributed by atoms with Gasteiger partial charge in [0.15, 0.2) is 0 Å². The van der Waals surface area contributed by atoms with Gasteiger partial charge in [-0.15, -0.1) is 0 Å². The molecule has 0 aliphatic carbocycles. The Kier molecular flexibility index (Phi) is 8.00. The van der Waals surface area contributed by atoms with Crippen LogP contribution < -0.4 is 17.9 Å². The van der Waals surface area contributed by atoms with E-state index in [1.165, 1.54) is 0 Å². The summed E-state index contributed by atoms with van der Waals surface area (Å²) in [5.41, 5.74) is 2.68. The van der Waals surface area contributed by atoms with Gasteiger partial charge in [-0.05, 0) is 0 Å². The molecular formula is C26H18Br2N2O2Te. The molecule has 0 aliphatic rings. The number of anilines is 2. The van der Waals surface area contributed by atoms with Crippen LogP contribution in [0.1, 0.15) is 20.7 Å². The predicted molar refractivity (Wildman–Crippen MR) is 142 cm³/mol. The number of carbonyl (C=O) groups excluding carboxylic acids is 2. The molecule has 4 aromatic carbocycles. The van der Waals surface area contributed by atoms with Crippen LogP contribution in [0.15, 0.2) is 106 Å². The first-order chi connectivity index (χ1) is 16.0. The molecule has 0 spiro atoms. The average molecular weight is 678 g/mol. The summed E-state index contributed by atoms with van der Waals surface area (Å²) < 4.78 is 3.56. The Labute approximate surface area is 219 Å². The van der Waals surface area contributed by atoms with Crippen molar-refractivity contribution < 1.29 is 9.59 Å². The summed E-state index contributed by atoms with van der Waals surface area (Å²) in [6.07, 6.45) is 0. The van der Waals surface area contributed by atoms with E-state index in [0.29, 0.717) is 11.1 Å². The second kappa shape index (κ2) is 11.1. The van der Waals surface area contributed by atoms with Gasteiger partial charge in [-0.1, -0.05) is 0 Å². The zero-order valence-corrected chi connectivity index (χ0v) is 22.7. The first-order valence-electron chi connectivity index (χ1n) is 9.99. The summed E-state index contributed by atoms with van der Waals surface area (Å²) in [6, 6.07) is 30.2. The summed E-state index contributed by atoms with van der Waals surface area (Å²) in [4.78, 5) is 26.2. The third-order valence-electron chi connectivity index (χ3n) is 4.66. The van der Waals surface area contributed by atoms with Gasteiger partial charge < -0.3 is 0 Å². The van der Waals surface area contributed by atoms with Gasteiger partial charge in [-0.25, -0.2) is 0 Å². The Bertz CT molecular complexity index is 1200. The van der Waals surface area contributed by atoms with E-state index in [-0.39, 0.29) is 11.8 Å². The number of para-hydroxylation sites is 2. The van der Waals surface area contributed by atoms with E-state index in [1.807, 2.05) is 97.1 Å². The molecular weight excluding hydrogens is 660 g/mol. The van der Waals surface area contributed by atoms with Crippen molar-refractivity contribution in [1.82, 2.24) is 0 Å². The minimum atomic E-state index is -1.05. The quantitative estimate of drug-likeness (QED) is 0.270. The molecule has 7 heteroatoms. The van der Waals surface area contributed by atoms with Gasteiger partial charge in [0.1, 0.15) is 0 Å². The van der Waals surface area contributed by atoms with E-state index < -0.39 is 20.9 Å². The fourth-order valence-electron chi connectivity index (χ4n) is 3.10. The summed E-state index contributed by atoms with van der Waals surface area (Å²) >= 11 is 5.92. The molecule has 0 bridgehead atoms. The first kappa shape index (κ1) is 23.7. The van der Waals surface area contributed by atoms with E-state index in [2.05, 4.69) is 42.5 Å². The molecule has 0 saturated heterocycles. The van der Waals surface area contributed by atoms with Crippen molar-refractivity contribution in [2.75, 3.05) is 10.6 Å². The summed E-state index contributed by atoms with van der Waals surface area (Å²) in [7, 11) is 0. The molecule has 0 aromatic heterocycles. The van der Waals surface area contributed by atoms with Gasteiger partial charge >= 0.3 is 221 Å². The Morgan fingerprint density at radius 1 is 0.576 bits per heavy atom. The van der Waals surface area contributed by atoms with Crippen molar-refractivity contribution in [3.8, 4) is 0 Å². The summed E-state index contributed by atoms with van der Waals surface area (Å²) in [5.74, 6) is -0.343. The molecule has 0 aliphatic heterocycles. The number of nitrogens with one attached hydrogen (secondary N) is 2. The SMILES string of the molecule is O=C(Nc1ccccc1)c1cc(Br)ccc1[Te]c1ccc(Br)cc1C(=O)Nc1ccccc1. The number of hydrogen-bond donors (Lipinski definition) is 2. The Hall–Kier alpha value is -2.43. The van der Waals surface area contributed by atoms with Crippen LogP contribution in [0.5, 0.6) is 0 Å². The molecule has 0 atom stereocenters. The molecule has 0 unspecified atom stereocenters. The van der Waals surface area contributed by atoms with Crippen molar-refractivity contribution in [2.45, 2.75) is 0 Å². The maximum absolute atomic E-state index is 13.1.